The first-order chi connectivity index (χ1) is 19.0. The van der Waals surface area contributed by atoms with Crippen molar-refractivity contribution in [2.24, 2.45) is 0 Å². The Balaban J connectivity index is 2.05. The summed E-state index contributed by atoms with van der Waals surface area (Å²) in [5.74, 6) is -1.67. The number of carbonyl (C=O) groups excluding carboxylic acids is 2. The number of amides is 2. The van der Waals surface area contributed by atoms with Crippen molar-refractivity contribution in [3.05, 3.63) is 99.8 Å². The standard InChI is InChI=1S/C29H32Cl2FN3O4S/c1-3-4-15-33-29(37)27(17-21-9-6-5-7-10-21)34(19-22-13-14-25(30)26(31)16-22)28(36)20-35(40(2,38)39)24-12-8-11-23(32)18-24/h5-14,16,18,27H,3-4,15,17,19-20H2,1-2H3,(H,33,37). The number of nitrogens with zero attached hydrogens (tertiary/aromatic N) is 2. The fourth-order valence-electron chi connectivity index (χ4n) is 4.14. The summed E-state index contributed by atoms with van der Waals surface area (Å²) in [7, 11) is -3.99. The second kappa shape index (κ2) is 14.5. The van der Waals surface area contributed by atoms with Crippen LogP contribution in [-0.2, 0) is 32.6 Å². The summed E-state index contributed by atoms with van der Waals surface area (Å²) in [5, 5.41) is 3.51. The van der Waals surface area contributed by atoms with E-state index in [1.165, 1.54) is 23.1 Å². The molecule has 2 amide bonds. The summed E-state index contributed by atoms with van der Waals surface area (Å²) in [5.41, 5.74) is 1.41. The van der Waals surface area contributed by atoms with Crippen molar-refractivity contribution in [3.63, 3.8) is 0 Å². The van der Waals surface area contributed by atoms with Gasteiger partial charge >= 0.3 is 0 Å². The molecule has 7 nitrogen and oxygen atoms in total. The zero-order valence-corrected chi connectivity index (χ0v) is 24.6. The van der Waals surface area contributed by atoms with Crippen LogP contribution < -0.4 is 9.62 Å². The van der Waals surface area contributed by atoms with Gasteiger partial charge in [-0.25, -0.2) is 12.8 Å². The molecule has 0 aliphatic heterocycles. The van der Waals surface area contributed by atoms with Crippen molar-refractivity contribution >= 4 is 50.7 Å². The van der Waals surface area contributed by atoms with Gasteiger partial charge in [0.15, 0.2) is 0 Å². The molecule has 0 radical (unpaired) electrons. The van der Waals surface area contributed by atoms with Gasteiger partial charge in [-0.1, -0.05) is 79.0 Å². The first-order valence-corrected chi connectivity index (χ1v) is 15.4. The van der Waals surface area contributed by atoms with Crippen molar-refractivity contribution in [1.82, 2.24) is 10.2 Å². The Kier molecular flexibility index (Phi) is 11.4. The summed E-state index contributed by atoms with van der Waals surface area (Å²) in [4.78, 5) is 28.8. The smallest absolute Gasteiger partial charge is 0.244 e. The molecule has 0 heterocycles. The number of benzene rings is 3. The summed E-state index contributed by atoms with van der Waals surface area (Å²) in [6.07, 6.45) is 2.75. The molecule has 40 heavy (non-hydrogen) atoms. The monoisotopic (exact) mass is 607 g/mol. The summed E-state index contributed by atoms with van der Waals surface area (Å²) in [6.45, 7) is 1.74. The molecule has 0 aromatic heterocycles. The van der Waals surface area contributed by atoms with Gasteiger partial charge in [0, 0.05) is 19.5 Å². The number of hydrogen-bond acceptors (Lipinski definition) is 4. The molecule has 0 saturated heterocycles. The molecule has 0 spiro atoms. The maximum atomic E-state index is 14.0. The van der Waals surface area contributed by atoms with Crippen LogP contribution >= 0.6 is 23.2 Å². The van der Waals surface area contributed by atoms with Gasteiger partial charge in [-0.05, 0) is 47.9 Å². The topological polar surface area (TPSA) is 86.8 Å². The van der Waals surface area contributed by atoms with Crippen molar-refractivity contribution in [1.29, 1.82) is 0 Å². The normalized spacial score (nSPS) is 12.0. The second-order valence-electron chi connectivity index (χ2n) is 9.37. The minimum Gasteiger partial charge on any atom is -0.354 e. The van der Waals surface area contributed by atoms with Gasteiger partial charge in [0.1, 0.15) is 18.4 Å². The molecule has 1 unspecified atom stereocenters. The largest absolute Gasteiger partial charge is 0.354 e. The van der Waals surface area contributed by atoms with Crippen LogP contribution in [0.5, 0.6) is 0 Å². The van der Waals surface area contributed by atoms with Crippen LogP contribution in [0.1, 0.15) is 30.9 Å². The molecular weight excluding hydrogens is 576 g/mol. The highest BCUT2D eigenvalue weighted by Gasteiger charge is 2.33. The van der Waals surface area contributed by atoms with Crippen LogP contribution in [0.2, 0.25) is 10.0 Å². The second-order valence-corrected chi connectivity index (χ2v) is 12.1. The van der Waals surface area contributed by atoms with E-state index in [4.69, 9.17) is 23.2 Å². The number of nitrogens with one attached hydrogen (secondary N) is 1. The Morgan fingerprint density at radius 3 is 2.30 bits per heavy atom. The lowest BCUT2D eigenvalue weighted by Crippen LogP contribution is -2.53. The van der Waals surface area contributed by atoms with Gasteiger partial charge in [-0.3, -0.25) is 13.9 Å². The van der Waals surface area contributed by atoms with Gasteiger partial charge in [0.05, 0.1) is 22.0 Å². The molecule has 1 atom stereocenters. The molecule has 3 aromatic carbocycles. The summed E-state index contributed by atoms with van der Waals surface area (Å²) in [6, 6.07) is 18.1. The van der Waals surface area contributed by atoms with Crippen LogP contribution in [0.4, 0.5) is 10.1 Å². The van der Waals surface area contributed by atoms with E-state index in [9.17, 15) is 22.4 Å². The zero-order valence-electron chi connectivity index (χ0n) is 22.3. The van der Waals surface area contributed by atoms with Crippen LogP contribution in [-0.4, -0.2) is 50.5 Å². The quantitative estimate of drug-likeness (QED) is 0.262. The Morgan fingerprint density at radius 2 is 1.68 bits per heavy atom. The lowest BCUT2D eigenvalue weighted by Gasteiger charge is -2.33. The predicted octanol–water partition coefficient (Wildman–Crippen LogP) is 5.45. The van der Waals surface area contributed by atoms with Crippen LogP contribution in [0, 0.1) is 5.82 Å². The van der Waals surface area contributed by atoms with E-state index in [0.717, 1.165) is 35.0 Å². The van der Waals surface area contributed by atoms with E-state index < -0.39 is 34.3 Å². The van der Waals surface area contributed by atoms with Crippen LogP contribution in [0.25, 0.3) is 0 Å². The van der Waals surface area contributed by atoms with Crippen LogP contribution in [0.3, 0.4) is 0 Å². The Bertz CT molecular complexity index is 1420. The maximum Gasteiger partial charge on any atom is 0.244 e. The Labute approximate surface area is 244 Å². The minimum atomic E-state index is -3.99. The third kappa shape index (κ3) is 8.94. The van der Waals surface area contributed by atoms with E-state index >= 15 is 0 Å². The number of halogens is 3. The SMILES string of the molecule is CCCCNC(=O)C(Cc1ccccc1)N(Cc1ccc(Cl)c(Cl)c1)C(=O)CN(c1cccc(F)c1)S(C)(=O)=O. The lowest BCUT2D eigenvalue weighted by atomic mass is 10.0. The number of hydrogen-bond donors (Lipinski definition) is 1. The van der Waals surface area contributed by atoms with Gasteiger partial charge in [0.2, 0.25) is 21.8 Å². The van der Waals surface area contributed by atoms with E-state index in [0.29, 0.717) is 17.1 Å². The highest BCUT2D eigenvalue weighted by molar-refractivity contribution is 7.92. The van der Waals surface area contributed by atoms with Crippen LogP contribution in [0.15, 0.2) is 72.8 Å². The highest BCUT2D eigenvalue weighted by atomic mass is 35.5. The molecule has 0 fully saturated rings. The molecule has 214 valence electrons. The molecule has 0 bridgehead atoms. The average Bonchev–Trinajstić information content (AvgIpc) is 2.91. The van der Waals surface area contributed by atoms with Gasteiger partial charge < -0.3 is 10.2 Å². The van der Waals surface area contributed by atoms with E-state index in [1.54, 1.807) is 18.2 Å². The third-order valence-corrected chi connectivity index (χ3v) is 8.09. The number of carbonyl (C=O) groups is 2. The Morgan fingerprint density at radius 1 is 0.950 bits per heavy atom. The molecule has 0 saturated carbocycles. The number of rotatable bonds is 13. The van der Waals surface area contributed by atoms with E-state index in [2.05, 4.69) is 5.32 Å². The van der Waals surface area contributed by atoms with Gasteiger partial charge in [-0.15, -0.1) is 0 Å². The number of anilines is 1. The van der Waals surface area contributed by atoms with Gasteiger partial charge in [0.25, 0.3) is 0 Å². The van der Waals surface area contributed by atoms with E-state index in [-0.39, 0.29) is 29.6 Å². The summed E-state index contributed by atoms with van der Waals surface area (Å²) >= 11 is 12.3. The molecule has 1 N–H and O–H groups in total. The summed E-state index contributed by atoms with van der Waals surface area (Å²) < 4.78 is 40.3. The fraction of sp³-hybridized carbons (Fsp3) is 0.310. The zero-order chi connectivity index (χ0) is 29.3. The molecule has 0 aliphatic rings. The molecule has 3 aromatic rings. The minimum absolute atomic E-state index is 0.00246. The molecule has 11 heteroatoms. The number of unbranched alkanes of at least 4 members (excludes halogenated alkanes) is 1. The van der Waals surface area contributed by atoms with Crippen molar-refractivity contribution < 1.29 is 22.4 Å². The Hall–Kier alpha value is -3.14. The number of sulfonamides is 1. The highest BCUT2D eigenvalue weighted by Crippen LogP contribution is 2.25. The molecule has 3 rings (SSSR count). The first-order valence-electron chi connectivity index (χ1n) is 12.8. The van der Waals surface area contributed by atoms with Crippen molar-refractivity contribution in [2.75, 3.05) is 23.7 Å². The third-order valence-electron chi connectivity index (χ3n) is 6.21. The molecular formula is C29H32Cl2FN3O4S. The van der Waals surface area contributed by atoms with Crippen molar-refractivity contribution in [3.8, 4) is 0 Å². The fourth-order valence-corrected chi connectivity index (χ4v) is 5.30. The van der Waals surface area contributed by atoms with E-state index in [1.807, 2.05) is 37.3 Å². The maximum absolute atomic E-state index is 14.0. The average molecular weight is 609 g/mol. The predicted molar refractivity (Wildman–Crippen MR) is 157 cm³/mol. The van der Waals surface area contributed by atoms with Gasteiger partial charge in [-0.2, -0.15) is 0 Å². The first kappa shape index (κ1) is 31.4. The molecule has 0 aliphatic carbocycles. The lowest BCUT2D eigenvalue weighted by molar-refractivity contribution is -0.140. The van der Waals surface area contributed by atoms with Crippen molar-refractivity contribution in [2.45, 2.75) is 38.8 Å².